The molecule has 6 atom stereocenters. The Hall–Kier alpha value is -2.97. The molecule has 0 saturated carbocycles. The van der Waals surface area contributed by atoms with Crippen LogP contribution in [0.1, 0.15) is 57.1 Å². The molecule has 3 fully saturated rings. The summed E-state index contributed by atoms with van der Waals surface area (Å²) < 4.78 is 12.5. The van der Waals surface area contributed by atoms with Gasteiger partial charge in [-0.1, -0.05) is 37.3 Å². The second-order valence-electron chi connectivity index (χ2n) is 11.7. The molecule has 3 heterocycles. The number of likely N-dealkylation sites (tertiary alicyclic amines) is 1. The number of hydrogen-bond acceptors (Lipinski definition) is 6. The number of fused-ring (bicyclic) bond motifs is 1. The number of ether oxygens (including phenoxy) is 2. The highest BCUT2D eigenvalue weighted by Crippen LogP contribution is 2.65. The van der Waals surface area contributed by atoms with Crippen LogP contribution in [0.3, 0.4) is 0 Å². The smallest absolute Gasteiger partial charge is 0.312 e. The van der Waals surface area contributed by atoms with Gasteiger partial charge < -0.3 is 24.4 Å². The van der Waals surface area contributed by atoms with Gasteiger partial charge in [-0.2, -0.15) is 0 Å². The van der Waals surface area contributed by atoms with E-state index in [1.54, 1.807) is 22.0 Å². The third-order valence-corrected chi connectivity index (χ3v) is 9.19. The molecule has 1 aromatic carbocycles. The predicted octanol–water partition coefficient (Wildman–Crippen LogP) is 4.12. The Kier molecular flexibility index (Phi) is 8.90. The number of aryl methyl sites for hydroxylation is 2. The molecule has 3 aliphatic rings. The summed E-state index contributed by atoms with van der Waals surface area (Å²) >= 11 is 0. The van der Waals surface area contributed by atoms with Crippen LogP contribution in [0.25, 0.3) is 0 Å². The van der Waals surface area contributed by atoms with Gasteiger partial charge in [-0.05, 0) is 69.9 Å². The van der Waals surface area contributed by atoms with E-state index in [0.29, 0.717) is 25.7 Å². The zero-order valence-corrected chi connectivity index (χ0v) is 24.4. The molecule has 4 rings (SSSR count). The number of hydrogen-bond donors (Lipinski definition) is 1. The van der Waals surface area contributed by atoms with E-state index in [4.69, 9.17) is 9.47 Å². The normalized spacial score (nSPS) is 30.3. The van der Waals surface area contributed by atoms with E-state index in [2.05, 4.69) is 13.2 Å². The zero-order valence-electron chi connectivity index (χ0n) is 24.4. The first kappa shape index (κ1) is 30.0. The van der Waals surface area contributed by atoms with Crippen LogP contribution in [0.15, 0.2) is 43.5 Å². The van der Waals surface area contributed by atoms with Crippen molar-refractivity contribution >= 4 is 23.5 Å². The lowest BCUT2D eigenvalue weighted by Crippen LogP contribution is -2.57. The van der Waals surface area contributed by atoms with E-state index in [0.717, 1.165) is 23.2 Å². The summed E-state index contributed by atoms with van der Waals surface area (Å²) in [4.78, 5) is 45.9. The van der Waals surface area contributed by atoms with Crippen LogP contribution in [0.5, 0.6) is 0 Å². The summed E-state index contributed by atoms with van der Waals surface area (Å²) in [6.07, 6.45) is 6.36. The number of nitrogens with zero attached hydrogens (tertiary/aromatic N) is 2. The number of allylic oxidation sites excluding steroid dienone is 1. The minimum absolute atomic E-state index is 0.00846. The largest absolute Gasteiger partial charge is 0.465 e. The highest BCUT2D eigenvalue weighted by molar-refractivity contribution is 6.05. The lowest BCUT2D eigenvalue weighted by Gasteiger charge is -2.38. The van der Waals surface area contributed by atoms with Gasteiger partial charge in [0.25, 0.3) is 5.91 Å². The van der Waals surface area contributed by atoms with Gasteiger partial charge in [0.05, 0.1) is 18.1 Å². The van der Waals surface area contributed by atoms with E-state index >= 15 is 0 Å². The van der Waals surface area contributed by atoms with Crippen molar-refractivity contribution in [3.63, 3.8) is 0 Å². The molecule has 1 spiro atoms. The van der Waals surface area contributed by atoms with Gasteiger partial charge in [0.15, 0.2) is 0 Å². The molecule has 0 aliphatic carbocycles. The molecule has 2 amide bonds. The first-order valence-corrected chi connectivity index (χ1v) is 14.5. The lowest BCUT2D eigenvalue weighted by atomic mass is 9.62. The second-order valence-corrected chi connectivity index (χ2v) is 11.7. The predicted molar refractivity (Wildman–Crippen MR) is 154 cm³/mol. The maximum Gasteiger partial charge on any atom is 0.312 e. The monoisotopic (exact) mass is 552 g/mol. The number of carbonyl (C=O) groups is 3. The summed E-state index contributed by atoms with van der Waals surface area (Å²) in [6.45, 7) is 16.2. The van der Waals surface area contributed by atoms with Gasteiger partial charge in [-0.3, -0.25) is 14.4 Å². The molecule has 1 N–H and O–H groups in total. The molecule has 218 valence electrons. The minimum atomic E-state index is -1.15. The molecule has 0 radical (unpaired) electrons. The Bertz CT molecular complexity index is 1150. The van der Waals surface area contributed by atoms with Gasteiger partial charge in [-0.15, -0.1) is 13.2 Å². The van der Waals surface area contributed by atoms with E-state index in [-0.39, 0.29) is 44.0 Å². The molecular formula is C32H44N2O6. The standard InChI is InChI=1S/C32H44N2O6/c1-7-9-12-19-39-30(38)25-24-28(36)34(17-10-11-18-35)27(32(24)20-23(5)31(25,6)40-32)29(37)33(16-8-2)26-21(3)14-13-15-22(26)4/h7-8,13-15,23-25,27,35H,1-2,9-12,16-20H2,3-6H3/t23?,24-,25+,27?,31-,32?/m0/s1. The number of aliphatic hydroxyl groups is 1. The van der Waals surface area contributed by atoms with Crippen molar-refractivity contribution in [1.29, 1.82) is 0 Å². The number of esters is 1. The van der Waals surface area contributed by atoms with E-state index in [9.17, 15) is 19.5 Å². The van der Waals surface area contributed by atoms with Crippen molar-refractivity contribution in [3.8, 4) is 0 Å². The summed E-state index contributed by atoms with van der Waals surface area (Å²) in [7, 11) is 0. The van der Waals surface area contributed by atoms with Crippen molar-refractivity contribution in [1.82, 2.24) is 4.90 Å². The lowest BCUT2D eigenvalue weighted by molar-refractivity contribution is -0.161. The molecule has 3 saturated heterocycles. The van der Waals surface area contributed by atoms with Crippen LogP contribution in [0, 0.1) is 31.6 Å². The second kappa shape index (κ2) is 11.9. The molecule has 2 bridgehead atoms. The quantitative estimate of drug-likeness (QED) is 0.225. The van der Waals surface area contributed by atoms with Crippen molar-refractivity contribution in [2.75, 3.05) is 31.2 Å². The summed E-state index contributed by atoms with van der Waals surface area (Å²) in [5, 5.41) is 9.44. The van der Waals surface area contributed by atoms with Gasteiger partial charge in [0.1, 0.15) is 17.6 Å². The van der Waals surface area contributed by atoms with Crippen LogP contribution in [-0.4, -0.2) is 71.3 Å². The van der Waals surface area contributed by atoms with Crippen LogP contribution in [0.2, 0.25) is 0 Å². The Morgan fingerprint density at radius 3 is 2.52 bits per heavy atom. The Labute approximate surface area is 238 Å². The first-order chi connectivity index (χ1) is 19.1. The third kappa shape index (κ3) is 4.79. The number of rotatable bonds is 13. The maximum atomic E-state index is 14.7. The molecular weight excluding hydrogens is 508 g/mol. The Balaban J connectivity index is 1.78. The number of anilines is 1. The average Bonchev–Trinajstić information content (AvgIpc) is 3.42. The van der Waals surface area contributed by atoms with Crippen molar-refractivity contribution in [2.45, 2.75) is 77.0 Å². The number of amides is 2. The fourth-order valence-corrected chi connectivity index (χ4v) is 7.30. The topological polar surface area (TPSA) is 96.4 Å². The number of aliphatic hydroxyl groups excluding tert-OH is 1. The Morgan fingerprint density at radius 1 is 1.20 bits per heavy atom. The SMILES string of the molecule is C=CCCCOC(=O)[C@H]1[C@H]2C(=O)N(CCCCO)C(C(=O)N(CC=C)c3c(C)cccc3C)C23CC(C)[C@]1(C)O3. The van der Waals surface area contributed by atoms with Crippen LogP contribution in [-0.2, 0) is 23.9 Å². The molecule has 40 heavy (non-hydrogen) atoms. The molecule has 0 aromatic heterocycles. The molecule has 1 aromatic rings. The van der Waals surface area contributed by atoms with Crippen LogP contribution < -0.4 is 4.90 Å². The van der Waals surface area contributed by atoms with E-state index < -0.39 is 35.0 Å². The van der Waals surface area contributed by atoms with Gasteiger partial charge in [-0.25, -0.2) is 0 Å². The fourth-order valence-electron chi connectivity index (χ4n) is 7.30. The molecule has 8 heteroatoms. The van der Waals surface area contributed by atoms with Crippen molar-refractivity contribution in [2.24, 2.45) is 17.8 Å². The van der Waals surface area contributed by atoms with Gasteiger partial charge in [0.2, 0.25) is 5.91 Å². The van der Waals surface area contributed by atoms with E-state index in [1.165, 1.54) is 0 Å². The first-order valence-electron chi connectivity index (χ1n) is 14.5. The Morgan fingerprint density at radius 2 is 1.90 bits per heavy atom. The number of benzene rings is 1. The number of unbranched alkanes of at least 4 members (excludes halogenated alkanes) is 2. The highest BCUT2D eigenvalue weighted by atomic mass is 16.6. The summed E-state index contributed by atoms with van der Waals surface area (Å²) in [5.41, 5.74) is 0.604. The van der Waals surface area contributed by atoms with Crippen LogP contribution in [0.4, 0.5) is 5.69 Å². The minimum Gasteiger partial charge on any atom is -0.465 e. The molecule has 3 unspecified atom stereocenters. The molecule has 3 aliphatic heterocycles. The van der Waals surface area contributed by atoms with Crippen molar-refractivity contribution < 1.29 is 29.0 Å². The van der Waals surface area contributed by atoms with E-state index in [1.807, 2.05) is 45.9 Å². The summed E-state index contributed by atoms with van der Waals surface area (Å²) in [6, 6.07) is 4.97. The van der Waals surface area contributed by atoms with Gasteiger partial charge in [0, 0.05) is 25.4 Å². The molecule has 8 nitrogen and oxygen atoms in total. The summed E-state index contributed by atoms with van der Waals surface area (Å²) in [5.74, 6) is -2.62. The number of para-hydroxylation sites is 1. The maximum absolute atomic E-state index is 14.7. The van der Waals surface area contributed by atoms with Crippen molar-refractivity contribution in [3.05, 3.63) is 54.6 Å². The van der Waals surface area contributed by atoms with Crippen LogP contribution >= 0.6 is 0 Å². The van der Waals surface area contributed by atoms with Gasteiger partial charge >= 0.3 is 5.97 Å². The average molecular weight is 553 g/mol. The number of carbonyl (C=O) groups excluding carboxylic acids is 3. The zero-order chi connectivity index (χ0) is 29.2. The highest BCUT2D eigenvalue weighted by Gasteiger charge is 2.80. The third-order valence-electron chi connectivity index (χ3n) is 9.19. The fraction of sp³-hybridized carbons (Fsp3) is 0.594.